The third-order valence-corrected chi connectivity index (χ3v) is 4.74. The Labute approximate surface area is 142 Å². The number of rotatable bonds is 6. The fraction of sp³-hybridized carbons (Fsp3) is 0.765. The molecule has 7 heteroatoms. The Morgan fingerprint density at radius 2 is 1.71 bits per heavy atom. The Kier molecular flexibility index (Phi) is 5.96. The van der Waals surface area contributed by atoms with E-state index in [9.17, 15) is 19.2 Å². The van der Waals surface area contributed by atoms with E-state index in [2.05, 4.69) is 5.32 Å². The first-order valence-electron chi connectivity index (χ1n) is 8.69. The van der Waals surface area contributed by atoms with Crippen molar-refractivity contribution >= 4 is 23.6 Å². The second kappa shape index (κ2) is 7.77. The van der Waals surface area contributed by atoms with Gasteiger partial charge in [0.15, 0.2) is 0 Å². The maximum atomic E-state index is 12.3. The molecule has 1 saturated carbocycles. The lowest BCUT2D eigenvalue weighted by Crippen LogP contribution is -2.42. The molecule has 2 fully saturated rings. The van der Waals surface area contributed by atoms with Gasteiger partial charge in [-0.15, -0.1) is 0 Å². The first-order chi connectivity index (χ1) is 11.3. The highest BCUT2D eigenvalue weighted by atomic mass is 16.2. The van der Waals surface area contributed by atoms with E-state index in [0.717, 1.165) is 25.7 Å². The Morgan fingerprint density at radius 1 is 1.17 bits per heavy atom. The van der Waals surface area contributed by atoms with Crippen LogP contribution in [0.5, 0.6) is 0 Å². The van der Waals surface area contributed by atoms with Gasteiger partial charge in [-0.05, 0) is 26.7 Å². The van der Waals surface area contributed by atoms with Crippen molar-refractivity contribution in [3.05, 3.63) is 0 Å². The average molecular weight is 337 g/mol. The molecule has 1 N–H and O–H groups in total. The van der Waals surface area contributed by atoms with Crippen LogP contribution in [-0.2, 0) is 19.2 Å². The van der Waals surface area contributed by atoms with Gasteiger partial charge in [-0.1, -0.05) is 12.8 Å². The predicted octanol–water partition coefficient (Wildman–Crippen LogP) is 0.535. The lowest BCUT2D eigenvalue weighted by Gasteiger charge is -2.20. The molecule has 134 valence electrons. The van der Waals surface area contributed by atoms with E-state index < -0.39 is 0 Å². The molecular formula is C17H27N3O4. The minimum absolute atomic E-state index is 0.0178. The van der Waals surface area contributed by atoms with E-state index >= 15 is 0 Å². The van der Waals surface area contributed by atoms with Crippen LogP contribution < -0.4 is 5.32 Å². The molecule has 2 atom stereocenters. The summed E-state index contributed by atoms with van der Waals surface area (Å²) in [5.41, 5.74) is 0. The maximum absolute atomic E-state index is 12.3. The zero-order valence-electron chi connectivity index (χ0n) is 14.7. The lowest BCUT2D eigenvalue weighted by atomic mass is 9.81. The number of carbonyl (C=O) groups is 4. The highest BCUT2D eigenvalue weighted by Crippen LogP contribution is 2.37. The van der Waals surface area contributed by atoms with Gasteiger partial charge < -0.3 is 10.2 Å². The summed E-state index contributed by atoms with van der Waals surface area (Å²) in [6, 6.07) is 0.0178. The van der Waals surface area contributed by atoms with Crippen molar-refractivity contribution in [1.29, 1.82) is 0 Å². The molecule has 0 bridgehead atoms. The summed E-state index contributed by atoms with van der Waals surface area (Å²) in [4.78, 5) is 51.1. The van der Waals surface area contributed by atoms with Gasteiger partial charge in [0.05, 0.1) is 18.4 Å². The van der Waals surface area contributed by atoms with Gasteiger partial charge in [0.25, 0.3) is 0 Å². The standard InChI is InChI=1S/C17H27N3O4/c1-11(2)18-14(21)10-19(3)15(22)8-9-20-16(23)12-6-4-5-7-13(12)17(20)24/h11-13H,4-10H2,1-3H3,(H,18,21)/t12-,13+. The first-order valence-corrected chi connectivity index (χ1v) is 8.69. The van der Waals surface area contributed by atoms with Crippen molar-refractivity contribution in [3.8, 4) is 0 Å². The summed E-state index contributed by atoms with van der Waals surface area (Å²) in [6.07, 6.45) is 3.58. The SMILES string of the molecule is CC(C)NC(=O)CN(C)C(=O)CCN1C(=O)[C@H]2CCCC[C@H]2C1=O. The second-order valence-electron chi connectivity index (χ2n) is 7.05. The molecule has 24 heavy (non-hydrogen) atoms. The largest absolute Gasteiger partial charge is 0.352 e. The normalized spacial score (nSPS) is 23.4. The van der Waals surface area contributed by atoms with Crippen LogP contribution in [-0.4, -0.2) is 59.6 Å². The summed E-state index contributed by atoms with van der Waals surface area (Å²) in [5.74, 6) is -1.09. The van der Waals surface area contributed by atoms with Crippen LogP contribution in [0.15, 0.2) is 0 Å². The Bertz CT molecular complexity index is 508. The number of amides is 4. The van der Waals surface area contributed by atoms with Crippen LogP contribution in [0.25, 0.3) is 0 Å². The van der Waals surface area contributed by atoms with Gasteiger partial charge in [0.1, 0.15) is 0 Å². The molecule has 2 rings (SSSR count). The molecule has 1 saturated heterocycles. The quantitative estimate of drug-likeness (QED) is 0.717. The minimum atomic E-state index is -0.246. The lowest BCUT2D eigenvalue weighted by molar-refractivity contribution is -0.141. The molecule has 0 spiro atoms. The predicted molar refractivity (Wildman–Crippen MR) is 87.7 cm³/mol. The number of imide groups is 1. The zero-order chi connectivity index (χ0) is 17.9. The van der Waals surface area contributed by atoms with Crippen LogP contribution in [0.4, 0.5) is 0 Å². The second-order valence-corrected chi connectivity index (χ2v) is 7.05. The molecule has 0 aromatic rings. The average Bonchev–Trinajstić information content (AvgIpc) is 2.76. The molecule has 0 radical (unpaired) electrons. The fourth-order valence-electron chi connectivity index (χ4n) is 3.52. The first kappa shape index (κ1) is 18.4. The van der Waals surface area contributed by atoms with Gasteiger partial charge in [-0.2, -0.15) is 0 Å². The highest BCUT2D eigenvalue weighted by molar-refractivity contribution is 6.05. The maximum Gasteiger partial charge on any atom is 0.239 e. The third-order valence-electron chi connectivity index (χ3n) is 4.74. The number of hydrogen-bond donors (Lipinski definition) is 1. The van der Waals surface area contributed by atoms with Crippen molar-refractivity contribution in [1.82, 2.24) is 15.1 Å². The van der Waals surface area contributed by atoms with Crippen LogP contribution in [0.3, 0.4) is 0 Å². The Hall–Kier alpha value is -1.92. The van der Waals surface area contributed by atoms with Crippen LogP contribution in [0.2, 0.25) is 0 Å². The van der Waals surface area contributed by atoms with Crippen molar-refractivity contribution in [2.45, 2.75) is 52.0 Å². The number of nitrogens with zero attached hydrogens (tertiary/aromatic N) is 2. The molecular weight excluding hydrogens is 310 g/mol. The topological polar surface area (TPSA) is 86.8 Å². The summed E-state index contributed by atoms with van der Waals surface area (Å²) < 4.78 is 0. The minimum Gasteiger partial charge on any atom is -0.352 e. The number of likely N-dealkylation sites (N-methyl/N-ethyl adjacent to an activating group) is 1. The summed E-state index contributed by atoms with van der Waals surface area (Å²) in [7, 11) is 1.55. The van der Waals surface area contributed by atoms with Crippen molar-refractivity contribution < 1.29 is 19.2 Å². The van der Waals surface area contributed by atoms with Crippen LogP contribution >= 0.6 is 0 Å². The zero-order valence-corrected chi connectivity index (χ0v) is 14.7. The third kappa shape index (κ3) is 4.13. The van der Waals surface area contributed by atoms with Crippen molar-refractivity contribution in [2.24, 2.45) is 11.8 Å². The van der Waals surface area contributed by atoms with E-state index in [-0.39, 0.29) is 61.0 Å². The fourth-order valence-corrected chi connectivity index (χ4v) is 3.52. The van der Waals surface area contributed by atoms with Gasteiger partial charge in [0.2, 0.25) is 23.6 Å². The number of likely N-dealkylation sites (tertiary alicyclic amines) is 1. The summed E-state index contributed by atoms with van der Waals surface area (Å²) in [5, 5.41) is 2.72. The van der Waals surface area contributed by atoms with E-state index in [4.69, 9.17) is 0 Å². The molecule has 0 aromatic carbocycles. The highest BCUT2D eigenvalue weighted by Gasteiger charge is 2.47. The Morgan fingerprint density at radius 3 is 2.21 bits per heavy atom. The Balaban J connectivity index is 1.84. The molecule has 1 aliphatic heterocycles. The van der Waals surface area contributed by atoms with Crippen molar-refractivity contribution in [3.63, 3.8) is 0 Å². The molecule has 0 aromatic heterocycles. The number of carbonyl (C=O) groups excluding carboxylic acids is 4. The molecule has 0 unspecified atom stereocenters. The number of fused-ring (bicyclic) bond motifs is 1. The number of nitrogens with one attached hydrogen (secondary N) is 1. The van der Waals surface area contributed by atoms with Gasteiger partial charge >= 0.3 is 0 Å². The van der Waals surface area contributed by atoms with Gasteiger partial charge in [-0.25, -0.2) is 0 Å². The van der Waals surface area contributed by atoms with E-state index in [0.29, 0.717) is 0 Å². The van der Waals surface area contributed by atoms with E-state index in [1.54, 1.807) is 7.05 Å². The van der Waals surface area contributed by atoms with Gasteiger partial charge in [0, 0.05) is 26.1 Å². The molecule has 2 aliphatic rings. The summed E-state index contributed by atoms with van der Waals surface area (Å²) in [6.45, 7) is 3.79. The molecule has 4 amide bonds. The molecule has 1 aliphatic carbocycles. The van der Waals surface area contributed by atoms with E-state index in [1.807, 2.05) is 13.8 Å². The monoisotopic (exact) mass is 337 g/mol. The molecule has 1 heterocycles. The van der Waals surface area contributed by atoms with Crippen LogP contribution in [0.1, 0.15) is 46.0 Å². The van der Waals surface area contributed by atoms with Crippen molar-refractivity contribution in [2.75, 3.05) is 20.1 Å². The molecule has 7 nitrogen and oxygen atoms in total. The van der Waals surface area contributed by atoms with E-state index in [1.165, 1.54) is 9.80 Å². The van der Waals surface area contributed by atoms with Crippen LogP contribution in [0, 0.1) is 11.8 Å². The smallest absolute Gasteiger partial charge is 0.239 e. The number of hydrogen-bond acceptors (Lipinski definition) is 4. The summed E-state index contributed by atoms with van der Waals surface area (Å²) >= 11 is 0. The van der Waals surface area contributed by atoms with Gasteiger partial charge in [-0.3, -0.25) is 24.1 Å².